The molecule has 0 unspecified atom stereocenters. The van der Waals surface area contributed by atoms with Crippen molar-refractivity contribution in [3.8, 4) is 11.1 Å². The van der Waals surface area contributed by atoms with Gasteiger partial charge in [0.05, 0.1) is 0 Å². The lowest BCUT2D eigenvalue weighted by Crippen LogP contribution is -1.81. The summed E-state index contributed by atoms with van der Waals surface area (Å²) >= 11 is 3.68. The molecule has 0 N–H and O–H groups in total. The van der Waals surface area contributed by atoms with Gasteiger partial charge in [-0.25, -0.2) is 0 Å². The predicted octanol–water partition coefficient (Wildman–Crippen LogP) is 8.32. The molecule has 6 rings (SSSR count). The van der Waals surface area contributed by atoms with Crippen LogP contribution in [-0.2, 0) is 0 Å². The highest BCUT2D eigenvalue weighted by molar-refractivity contribution is 9.10. The summed E-state index contributed by atoms with van der Waals surface area (Å²) in [5.74, 6) is 0. The van der Waals surface area contributed by atoms with Crippen LogP contribution in [0.3, 0.4) is 0 Å². The van der Waals surface area contributed by atoms with Gasteiger partial charge in [0.15, 0.2) is 0 Å². The van der Waals surface area contributed by atoms with Crippen LogP contribution in [0.2, 0.25) is 0 Å². The van der Waals surface area contributed by atoms with Gasteiger partial charge >= 0.3 is 0 Å². The SMILES string of the molecule is Brc1cccc2oc3ccc(-c4ccc5ccc6ccccc6c5c4)cc3c12. The molecule has 0 saturated heterocycles. The summed E-state index contributed by atoms with van der Waals surface area (Å²) in [5.41, 5.74) is 4.23. The highest BCUT2D eigenvalue weighted by atomic mass is 79.9. The maximum atomic E-state index is 6.02. The van der Waals surface area contributed by atoms with E-state index in [-0.39, 0.29) is 0 Å². The van der Waals surface area contributed by atoms with Crippen molar-refractivity contribution >= 4 is 59.4 Å². The van der Waals surface area contributed by atoms with Crippen LogP contribution in [0, 0.1) is 0 Å². The normalized spacial score (nSPS) is 11.8. The fourth-order valence-electron chi connectivity index (χ4n) is 4.14. The van der Waals surface area contributed by atoms with Gasteiger partial charge in [-0.2, -0.15) is 0 Å². The van der Waals surface area contributed by atoms with E-state index in [0.29, 0.717) is 0 Å². The van der Waals surface area contributed by atoms with Gasteiger partial charge < -0.3 is 4.42 Å². The van der Waals surface area contributed by atoms with Crippen LogP contribution in [0.25, 0.3) is 54.6 Å². The van der Waals surface area contributed by atoms with Crippen molar-refractivity contribution in [2.75, 3.05) is 0 Å². The molecule has 5 aromatic carbocycles. The Kier molecular flexibility index (Phi) is 3.38. The third kappa shape index (κ3) is 2.31. The third-order valence-electron chi connectivity index (χ3n) is 5.52. The average Bonchev–Trinajstić information content (AvgIpc) is 3.12. The van der Waals surface area contributed by atoms with Gasteiger partial charge in [-0.1, -0.05) is 76.6 Å². The van der Waals surface area contributed by atoms with E-state index in [4.69, 9.17) is 4.42 Å². The van der Waals surface area contributed by atoms with E-state index in [2.05, 4.69) is 94.8 Å². The predicted molar refractivity (Wildman–Crippen MR) is 122 cm³/mol. The van der Waals surface area contributed by atoms with Crippen molar-refractivity contribution in [1.29, 1.82) is 0 Å². The molecule has 0 saturated carbocycles. The van der Waals surface area contributed by atoms with Crippen molar-refractivity contribution in [3.63, 3.8) is 0 Å². The van der Waals surface area contributed by atoms with Gasteiger partial charge in [-0.15, -0.1) is 0 Å². The summed E-state index contributed by atoms with van der Waals surface area (Å²) in [6.07, 6.45) is 0. The van der Waals surface area contributed by atoms with Crippen LogP contribution in [0.1, 0.15) is 0 Å². The summed E-state index contributed by atoms with van der Waals surface area (Å²) in [6, 6.07) is 32.2. The van der Waals surface area contributed by atoms with E-state index in [1.54, 1.807) is 0 Å². The minimum absolute atomic E-state index is 0.908. The quantitative estimate of drug-likeness (QED) is 0.242. The summed E-state index contributed by atoms with van der Waals surface area (Å²) in [5, 5.41) is 7.38. The maximum Gasteiger partial charge on any atom is 0.136 e. The van der Waals surface area contributed by atoms with Crippen molar-refractivity contribution in [1.82, 2.24) is 0 Å². The number of furan rings is 1. The van der Waals surface area contributed by atoms with Crippen molar-refractivity contribution in [3.05, 3.63) is 95.5 Å². The lowest BCUT2D eigenvalue weighted by Gasteiger charge is -2.08. The minimum atomic E-state index is 0.908. The molecule has 0 aliphatic rings. The maximum absolute atomic E-state index is 6.02. The largest absolute Gasteiger partial charge is 0.456 e. The van der Waals surface area contributed by atoms with Crippen LogP contribution in [0.4, 0.5) is 0 Å². The van der Waals surface area contributed by atoms with Gasteiger partial charge in [0.25, 0.3) is 0 Å². The lowest BCUT2D eigenvalue weighted by molar-refractivity contribution is 0.669. The topological polar surface area (TPSA) is 13.1 Å². The Hall–Kier alpha value is -3.10. The molecule has 0 spiro atoms. The molecule has 0 radical (unpaired) electrons. The molecule has 2 heteroatoms. The molecule has 0 aliphatic carbocycles. The highest BCUT2D eigenvalue weighted by Crippen LogP contribution is 2.37. The van der Waals surface area contributed by atoms with Gasteiger partial charge in [-0.05, 0) is 63.0 Å². The molecule has 0 aliphatic heterocycles. The molecule has 0 fully saturated rings. The molecular weight excluding hydrogens is 408 g/mol. The first kappa shape index (κ1) is 15.9. The molecule has 1 heterocycles. The number of benzene rings is 5. The molecule has 1 aromatic heterocycles. The Balaban J connectivity index is 1.63. The van der Waals surface area contributed by atoms with Crippen LogP contribution >= 0.6 is 15.9 Å². The fraction of sp³-hybridized carbons (Fsp3) is 0. The molecule has 6 aromatic rings. The second-order valence-corrected chi connectivity index (χ2v) is 8.00. The Morgan fingerprint density at radius 3 is 2.14 bits per heavy atom. The second-order valence-electron chi connectivity index (χ2n) is 7.15. The Labute approximate surface area is 170 Å². The number of rotatable bonds is 1. The summed E-state index contributed by atoms with van der Waals surface area (Å²) in [6.45, 7) is 0. The molecule has 0 amide bonds. The molecule has 1 nitrogen and oxygen atoms in total. The van der Waals surface area contributed by atoms with E-state index in [9.17, 15) is 0 Å². The molecular formula is C26H15BrO. The molecule has 0 atom stereocenters. The second kappa shape index (κ2) is 5.95. The van der Waals surface area contributed by atoms with Gasteiger partial charge in [0.2, 0.25) is 0 Å². The smallest absolute Gasteiger partial charge is 0.136 e. The average molecular weight is 423 g/mol. The first-order valence-electron chi connectivity index (χ1n) is 9.31. The van der Waals surface area contributed by atoms with E-state index < -0.39 is 0 Å². The molecule has 28 heavy (non-hydrogen) atoms. The standard InChI is InChI=1S/C26H15BrO/c27-23-6-3-7-25-26(23)22-15-19(12-13-24(22)28-25)18-11-10-17-9-8-16-4-1-2-5-20(16)21(17)14-18/h1-15H. The van der Waals surface area contributed by atoms with Crippen molar-refractivity contribution in [2.45, 2.75) is 0 Å². The summed E-state index contributed by atoms with van der Waals surface area (Å²) in [4.78, 5) is 0. The zero-order valence-corrected chi connectivity index (χ0v) is 16.5. The summed E-state index contributed by atoms with van der Waals surface area (Å²) in [7, 11) is 0. The molecule has 0 bridgehead atoms. The highest BCUT2D eigenvalue weighted by Gasteiger charge is 2.11. The van der Waals surface area contributed by atoms with Crippen LogP contribution < -0.4 is 0 Å². The number of hydrogen-bond donors (Lipinski definition) is 0. The Bertz CT molecular complexity index is 1520. The summed E-state index contributed by atoms with van der Waals surface area (Å²) < 4.78 is 7.08. The van der Waals surface area contributed by atoms with E-state index in [1.807, 2.05) is 12.1 Å². The van der Waals surface area contributed by atoms with Crippen molar-refractivity contribution < 1.29 is 4.42 Å². The minimum Gasteiger partial charge on any atom is -0.456 e. The zero-order chi connectivity index (χ0) is 18.7. The number of fused-ring (bicyclic) bond motifs is 6. The number of halogens is 1. The van der Waals surface area contributed by atoms with Gasteiger partial charge in [0.1, 0.15) is 11.2 Å². The van der Waals surface area contributed by atoms with E-state index in [1.165, 1.54) is 32.7 Å². The van der Waals surface area contributed by atoms with Crippen molar-refractivity contribution in [2.24, 2.45) is 0 Å². The fourth-order valence-corrected chi connectivity index (χ4v) is 4.71. The lowest BCUT2D eigenvalue weighted by atomic mass is 9.96. The van der Waals surface area contributed by atoms with Gasteiger partial charge in [0, 0.05) is 15.2 Å². The first-order chi connectivity index (χ1) is 13.8. The Morgan fingerprint density at radius 2 is 1.25 bits per heavy atom. The van der Waals surface area contributed by atoms with E-state index >= 15 is 0 Å². The zero-order valence-electron chi connectivity index (χ0n) is 14.9. The van der Waals surface area contributed by atoms with E-state index in [0.717, 1.165) is 26.4 Å². The monoisotopic (exact) mass is 422 g/mol. The van der Waals surface area contributed by atoms with Crippen LogP contribution in [0.5, 0.6) is 0 Å². The Morgan fingerprint density at radius 1 is 0.536 bits per heavy atom. The first-order valence-corrected chi connectivity index (χ1v) is 10.1. The third-order valence-corrected chi connectivity index (χ3v) is 6.19. The van der Waals surface area contributed by atoms with Crippen LogP contribution in [0.15, 0.2) is 99.9 Å². The molecule has 132 valence electrons. The van der Waals surface area contributed by atoms with Crippen LogP contribution in [-0.4, -0.2) is 0 Å². The number of hydrogen-bond acceptors (Lipinski definition) is 1. The van der Waals surface area contributed by atoms with Gasteiger partial charge in [-0.3, -0.25) is 0 Å².